The molecule has 3 amide bonds. The van der Waals surface area contributed by atoms with Gasteiger partial charge in [0.15, 0.2) is 0 Å². The number of halogens is 1. The summed E-state index contributed by atoms with van der Waals surface area (Å²) in [5.41, 5.74) is 0.587. The Morgan fingerprint density at radius 2 is 1.93 bits per heavy atom. The number of piperidine rings is 1. The number of nitrogens with zero attached hydrogens (tertiary/aromatic N) is 2. The molecule has 8 heteroatoms. The van der Waals surface area contributed by atoms with Gasteiger partial charge in [-0.1, -0.05) is 11.6 Å². The van der Waals surface area contributed by atoms with E-state index in [-0.39, 0.29) is 30.1 Å². The van der Waals surface area contributed by atoms with Crippen molar-refractivity contribution in [3.05, 3.63) is 23.2 Å². The fourth-order valence-corrected chi connectivity index (χ4v) is 3.97. The summed E-state index contributed by atoms with van der Waals surface area (Å²) in [5, 5.41) is 3.17. The van der Waals surface area contributed by atoms with Gasteiger partial charge in [0.2, 0.25) is 17.7 Å². The number of methoxy groups -OCH3 is 1. The van der Waals surface area contributed by atoms with E-state index in [0.29, 0.717) is 48.9 Å². The third-order valence-corrected chi connectivity index (χ3v) is 5.56. The minimum Gasteiger partial charge on any atom is -0.495 e. The van der Waals surface area contributed by atoms with Crippen LogP contribution in [0.2, 0.25) is 5.02 Å². The Labute approximate surface area is 163 Å². The average Bonchev–Trinajstić information content (AvgIpc) is 3.08. The molecular formula is C19H24ClN3O4. The van der Waals surface area contributed by atoms with Gasteiger partial charge < -0.3 is 19.9 Å². The lowest BCUT2D eigenvalue weighted by Crippen LogP contribution is -2.45. The number of carbonyl (C=O) groups excluding carboxylic acids is 3. The van der Waals surface area contributed by atoms with Gasteiger partial charge in [-0.25, -0.2) is 0 Å². The highest BCUT2D eigenvalue weighted by molar-refractivity contribution is 6.31. The van der Waals surface area contributed by atoms with Crippen molar-refractivity contribution in [3.63, 3.8) is 0 Å². The third-order valence-electron chi connectivity index (χ3n) is 5.33. The summed E-state index contributed by atoms with van der Waals surface area (Å²) >= 11 is 6.07. The number of carbonyl (C=O) groups is 3. The smallest absolute Gasteiger partial charge is 0.228 e. The van der Waals surface area contributed by atoms with Crippen LogP contribution in [0.1, 0.15) is 19.3 Å². The van der Waals surface area contributed by atoms with E-state index in [2.05, 4.69) is 5.32 Å². The zero-order valence-electron chi connectivity index (χ0n) is 15.5. The van der Waals surface area contributed by atoms with Crippen molar-refractivity contribution in [2.75, 3.05) is 38.7 Å². The van der Waals surface area contributed by atoms with E-state index >= 15 is 0 Å². The summed E-state index contributed by atoms with van der Waals surface area (Å²) < 4.78 is 5.33. The molecule has 1 atom stereocenters. The van der Waals surface area contributed by atoms with Crippen LogP contribution in [0.25, 0.3) is 0 Å². The molecule has 27 heavy (non-hydrogen) atoms. The zero-order valence-corrected chi connectivity index (χ0v) is 16.3. The maximum Gasteiger partial charge on any atom is 0.228 e. The second-order valence-corrected chi connectivity index (χ2v) is 7.37. The third kappa shape index (κ3) is 4.03. The normalized spacial score (nSPS) is 20.7. The lowest BCUT2D eigenvalue weighted by molar-refractivity contribution is -0.139. The zero-order chi connectivity index (χ0) is 19.6. The molecule has 1 aromatic rings. The molecule has 0 radical (unpaired) electrons. The Bertz CT molecular complexity index is 746. The van der Waals surface area contributed by atoms with Crippen LogP contribution in [-0.4, -0.2) is 56.4 Å². The van der Waals surface area contributed by atoms with Crippen LogP contribution in [0, 0.1) is 11.8 Å². The lowest BCUT2D eigenvalue weighted by Gasteiger charge is -2.32. The van der Waals surface area contributed by atoms with Crippen LogP contribution < -0.4 is 15.0 Å². The second-order valence-electron chi connectivity index (χ2n) is 6.94. The monoisotopic (exact) mass is 393 g/mol. The standard InChI is InChI=1S/C19H24ClN3O4/c1-21-18(25)12-5-7-22(8-6-12)19(26)13-9-17(24)23(11-13)15-10-14(20)3-4-16(15)27-2/h3-4,10,12-13H,5-9,11H2,1-2H3,(H,21,25). The van der Waals surface area contributed by atoms with Crippen molar-refractivity contribution in [2.45, 2.75) is 19.3 Å². The summed E-state index contributed by atoms with van der Waals surface area (Å²) in [6.45, 7) is 1.40. The maximum atomic E-state index is 12.9. The fourth-order valence-electron chi connectivity index (χ4n) is 3.80. The number of rotatable bonds is 4. The van der Waals surface area contributed by atoms with Crippen molar-refractivity contribution < 1.29 is 19.1 Å². The van der Waals surface area contributed by atoms with Gasteiger partial charge in [0, 0.05) is 44.0 Å². The lowest BCUT2D eigenvalue weighted by atomic mass is 9.94. The predicted octanol–water partition coefficient (Wildman–Crippen LogP) is 1.69. The first kappa shape index (κ1) is 19.5. The molecule has 2 aliphatic heterocycles. The van der Waals surface area contributed by atoms with Gasteiger partial charge in [0.25, 0.3) is 0 Å². The van der Waals surface area contributed by atoms with Gasteiger partial charge in [0.05, 0.1) is 18.7 Å². The molecular weight excluding hydrogens is 370 g/mol. The van der Waals surface area contributed by atoms with E-state index < -0.39 is 5.92 Å². The topological polar surface area (TPSA) is 79.0 Å². The summed E-state index contributed by atoms with van der Waals surface area (Å²) in [4.78, 5) is 40.5. The van der Waals surface area contributed by atoms with E-state index in [1.54, 1.807) is 35.0 Å². The number of benzene rings is 1. The summed E-state index contributed by atoms with van der Waals surface area (Å²) in [6.07, 6.45) is 1.47. The van der Waals surface area contributed by atoms with Gasteiger partial charge in [-0.2, -0.15) is 0 Å². The minimum absolute atomic E-state index is 0.0253. The Hall–Kier alpha value is -2.28. The molecule has 7 nitrogen and oxygen atoms in total. The average molecular weight is 394 g/mol. The van der Waals surface area contributed by atoms with Crippen molar-refractivity contribution in [2.24, 2.45) is 11.8 Å². The molecule has 3 rings (SSSR count). The van der Waals surface area contributed by atoms with Crippen LogP contribution in [-0.2, 0) is 14.4 Å². The number of hydrogen-bond acceptors (Lipinski definition) is 4. The van der Waals surface area contributed by atoms with Crippen LogP contribution >= 0.6 is 11.6 Å². The van der Waals surface area contributed by atoms with E-state index in [1.807, 2.05) is 0 Å². The molecule has 146 valence electrons. The SMILES string of the molecule is CNC(=O)C1CCN(C(=O)C2CC(=O)N(c3cc(Cl)ccc3OC)C2)CC1. The largest absolute Gasteiger partial charge is 0.495 e. The fraction of sp³-hybridized carbons (Fsp3) is 0.526. The van der Waals surface area contributed by atoms with Gasteiger partial charge in [0.1, 0.15) is 5.75 Å². The highest BCUT2D eigenvalue weighted by atomic mass is 35.5. The highest BCUT2D eigenvalue weighted by Gasteiger charge is 2.39. The van der Waals surface area contributed by atoms with Crippen molar-refractivity contribution in [1.82, 2.24) is 10.2 Å². The number of amides is 3. The highest BCUT2D eigenvalue weighted by Crippen LogP contribution is 2.36. The van der Waals surface area contributed by atoms with Crippen LogP contribution in [0.3, 0.4) is 0 Å². The summed E-state index contributed by atoms with van der Waals surface area (Å²) in [6, 6.07) is 5.09. The van der Waals surface area contributed by atoms with Crippen LogP contribution in [0.15, 0.2) is 18.2 Å². The quantitative estimate of drug-likeness (QED) is 0.844. The maximum absolute atomic E-state index is 12.9. The van der Waals surface area contributed by atoms with Crippen molar-refractivity contribution >= 4 is 35.0 Å². The molecule has 2 saturated heterocycles. The van der Waals surface area contributed by atoms with E-state index in [4.69, 9.17) is 16.3 Å². The molecule has 1 unspecified atom stereocenters. The molecule has 0 aromatic heterocycles. The van der Waals surface area contributed by atoms with Gasteiger partial charge in [-0.3, -0.25) is 14.4 Å². The van der Waals surface area contributed by atoms with E-state index in [9.17, 15) is 14.4 Å². The number of anilines is 1. The number of hydrogen-bond donors (Lipinski definition) is 1. The second kappa shape index (κ2) is 8.17. The molecule has 0 bridgehead atoms. The predicted molar refractivity (Wildman–Crippen MR) is 102 cm³/mol. The number of ether oxygens (including phenoxy) is 1. The Kier molecular flexibility index (Phi) is 5.89. The molecule has 1 aromatic carbocycles. The first-order valence-electron chi connectivity index (χ1n) is 9.09. The van der Waals surface area contributed by atoms with Crippen LogP contribution in [0.4, 0.5) is 5.69 Å². The van der Waals surface area contributed by atoms with Gasteiger partial charge in [-0.05, 0) is 31.0 Å². The minimum atomic E-state index is -0.391. The Balaban J connectivity index is 1.67. The molecule has 0 aliphatic carbocycles. The first-order valence-corrected chi connectivity index (χ1v) is 9.46. The number of likely N-dealkylation sites (tertiary alicyclic amines) is 1. The van der Waals surface area contributed by atoms with E-state index in [0.717, 1.165) is 0 Å². The van der Waals surface area contributed by atoms with Crippen molar-refractivity contribution in [1.29, 1.82) is 0 Å². The number of nitrogens with one attached hydrogen (secondary N) is 1. The van der Waals surface area contributed by atoms with Gasteiger partial charge in [-0.15, -0.1) is 0 Å². The Morgan fingerprint density at radius 3 is 2.56 bits per heavy atom. The molecule has 1 N–H and O–H groups in total. The Morgan fingerprint density at radius 1 is 1.22 bits per heavy atom. The molecule has 2 aliphatic rings. The summed E-state index contributed by atoms with van der Waals surface area (Å²) in [5.74, 6) is -0.00445. The van der Waals surface area contributed by atoms with Crippen molar-refractivity contribution in [3.8, 4) is 5.75 Å². The van der Waals surface area contributed by atoms with E-state index in [1.165, 1.54) is 7.11 Å². The first-order chi connectivity index (χ1) is 12.9. The molecule has 0 saturated carbocycles. The molecule has 2 fully saturated rings. The molecule has 2 heterocycles. The van der Waals surface area contributed by atoms with Gasteiger partial charge >= 0.3 is 0 Å². The molecule has 0 spiro atoms. The van der Waals surface area contributed by atoms with Crippen LogP contribution in [0.5, 0.6) is 5.75 Å². The summed E-state index contributed by atoms with van der Waals surface area (Å²) in [7, 11) is 3.16.